The zero-order valence-corrected chi connectivity index (χ0v) is 37.0. The highest BCUT2D eigenvalue weighted by Crippen LogP contribution is 2.38. The molecule has 16 nitrogen and oxygen atoms in total. The fourth-order valence-corrected chi connectivity index (χ4v) is 8.84. The van der Waals surface area contributed by atoms with E-state index >= 15 is 0 Å². The summed E-state index contributed by atoms with van der Waals surface area (Å²) in [6, 6.07) is 26.5. The number of carbonyl (C=O) groups is 1. The average Bonchev–Trinajstić information content (AvgIpc) is 4.10. The van der Waals surface area contributed by atoms with Crippen LogP contribution in [0, 0.1) is 11.6 Å². The molecule has 10 rings (SSSR count). The maximum atomic E-state index is 13.6. The van der Waals surface area contributed by atoms with Crippen LogP contribution in [0.1, 0.15) is 44.7 Å². The van der Waals surface area contributed by atoms with Crippen molar-refractivity contribution < 1.29 is 18.3 Å². The lowest BCUT2D eigenvalue weighted by Gasteiger charge is -2.26. The van der Waals surface area contributed by atoms with E-state index in [0.29, 0.717) is 34.0 Å². The molecule has 5 aromatic heterocycles. The van der Waals surface area contributed by atoms with E-state index in [-0.39, 0.29) is 29.6 Å². The topological polar surface area (TPSA) is 180 Å². The number of amides is 1. The number of benzene rings is 3. The molecule has 3 aromatic carbocycles. The van der Waals surface area contributed by atoms with E-state index in [1.165, 1.54) is 43.0 Å². The van der Waals surface area contributed by atoms with Gasteiger partial charge in [-0.3, -0.25) is 4.79 Å². The van der Waals surface area contributed by atoms with Crippen molar-refractivity contribution in [2.24, 2.45) is 7.05 Å². The Hall–Kier alpha value is -7.22. The Kier molecular flexibility index (Phi) is 13.5. The van der Waals surface area contributed by atoms with Crippen molar-refractivity contribution in [2.75, 3.05) is 31.5 Å². The zero-order valence-electron chi connectivity index (χ0n) is 36.2. The molecule has 1 amide bonds. The van der Waals surface area contributed by atoms with E-state index in [1.807, 2.05) is 43.0 Å². The molecule has 2 fully saturated rings. The van der Waals surface area contributed by atoms with Crippen LogP contribution in [0.3, 0.4) is 0 Å². The van der Waals surface area contributed by atoms with Crippen molar-refractivity contribution in [3.63, 3.8) is 0 Å². The fourth-order valence-electron chi connectivity index (χ4n) is 8.11. The summed E-state index contributed by atoms with van der Waals surface area (Å²) in [6.45, 7) is 5.24. The fraction of sp³-hybridized carbons (Fsp3) is 0.255. The third-order valence-electron chi connectivity index (χ3n) is 11.3. The summed E-state index contributed by atoms with van der Waals surface area (Å²) in [6.07, 6.45) is 11.1. The standard InChI is InChI=1S/C26H25FN6O2.C21H21FN8S/c1-17(34)31-21-4-2-3-5-23(21)35-26-29-15-12-22(32-26)25-24(18-6-8-19(27)9-7-18)30-16-33(25)20-10-13-28-14-11-20;1-29-21(26-27-28-29)31-18-12-15(6-11-24-18)20-19(14-2-4-16(22)5-3-14)25-13-30(20)17-7-9-23-10-8-17/h2-9,12,15-16,20,28H,10-11,13-14H2,1H3,(H,31,34);2-6,11-13,17,23H,7-10H2,1H3. The first kappa shape index (κ1) is 44.0. The predicted molar refractivity (Wildman–Crippen MR) is 246 cm³/mol. The number of halogens is 2. The van der Waals surface area contributed by atoms with Crippen LogP contribution in [0.4, 0.5) is 14.5 Å². The van der Waals surface area contributed by atoms with Gasteiger partial charge in [0.05, 0.1) is 46.8 Å². The van der Waals surface area contributed by atoms with Gasteiger partial charge < -0.3 is 29.8 Å². The molecule has 19 heteroatoms. The van der Waals surface area contributed by atoms with Gasteiger partial charge in [0.15, 0.2) is 5.75 Å². The number of carbonyl (C=O) groups excluding carboxylic acids is 1. The Labute approximate surface area is 383 Å². The molecule has 2 saturated heterocycles. The largest absolute Gasteiger partial charge is 0.422 e. The summed E-state index contributed by atoms with van der Waals surface area (Å²) in [5, 5.41) is 22.6. The number of pyridine rings is 1. The van der Waals surface area contributed by atoms with E-state index in [9.17, 15) is 13.6 Å². The molecule has 0 radical (unpaired) electrons. The molecule has 0 aliphatic carbocycles. The lowest BCUT2D eigenvalue weighted by molar-refractivity contribution is -0.114. The molecule has 3 N–H and O–H groups in total. The first-order chi connectivity index (χ1) is 32.3. The lowest BCUT2D eigenvalue weighted by atomic mass is 10.0. The number of hydrogen-bond donors (Lipinski definition) is 3. The summed E-state index contributed by atoms with van der Waals surface area (Å²) in [5.41, 5.74) is 7.24. The van der Waals surface area contributed by atoms with Gasteiger partial charge in [0.25, 0.3) is 0 Å². The van der Waals surface area contributed by atoms with Crippen LogP contribution in [0.15, 0.2) is 126 Å². The quantitative estimate of drug-likeness (QED) is 0.113. The number of hydrogen-bond acceptors (Lipinski definition) is 13. The first-order valence-electron chi connectivity index (χ1n) is 21.6. The first-order valence-corrected chi connectivity index (χ1v) is 22.4. The SMILES string of the molecule is CC(=O)Nc1ccccc1Oc1nccc(-c2c(-c3ccc(F)cc3)ncn2C2CCNCC2)n1.Cn1nnnc1Sc1cc(-c2c(-c3ccc(F)cc3)ncn2C2CCNCC2)ccn1. The Balaban J connectivity index is 0.000000167. The molecular weight excluding hydrogens is 863 g/mol. The van der Waals surface area contributed by atoms with Gasteiger partial charge in [0, 0.05) is 55.1 Å². The molecule has 2 aliphatic heterocycles. The third-order valence-corrected chi connectivity index (χ3v) is 12.2. The van der Waals surface area contributed by atoms with Gasteiger partial charge in [-0.05, 0) is 153 Å². The third kappa shape index (κ3) is 10.2. The Morgan fingerprint density at radius 1 is 0.727 bits per heavy atom. The van der Waals surface area contributed by atoms with Crippen LogP contribution in [0.5, 0.6) is 11.8 Å². The number of nitrogens with one attached hydrogen (secondary N) is 3. The number of ether oxygens (including phenoxy) is 1. The number of nitrogens with zero attached hydrogens (tertiary/aromatic N) is 11. The molecule has 0 atom stereocenters. The smallest absolute Gasteiger partial charge is 0.322 e. The number of tetrazole rings is 1. The molecule has 2 aliphatic rings. The van der Waals surface area contributed by atoms with Gasteiger partial charge in [-0.15, -0.1) is 5.10 Å². The number of rotatable bonds is 11. The highest BCUT2D eigenvalue weighted by Gasteiger charge is 2.25. The number of para-hydroxylation sites is 2. The number of piperidine rings is 2. The van der Waals surface area contributed by atoms with Crippen molar-refractivity contribution >= 4 is 23.4 Å². The van der Waals surface area contributed by atoms with Crippen molar-refractivity contribution in [3.8, 4) is 56.9 Å². The molecule has 0 bridgehead atoms. The molecule has 7 heterocycles. The second-order valence-corrected chi connectivity index (χ2v) is 16.7. The van der Waals surface area contributed by atoms with Crippen molar-refractivity contribution in [1.82, 2.24) is 64.9 Å². The number of aryl methyl sites for hydroxylation is 1. The molecule has 8 aromatic rings. The van der Waals surface area contributed by atoms with Crippen LogP contribution >= 0.6 is 11.8 Å². The zero-order chi connectivity index (χ0) is 45.4. The van der Waals surface area contributed by atoms with Gasteiger partial charge in [0.1, 0.15) is 16.7 Å². The summed E-state index contributed by atoms with van der Waals surface area (Å²) in [7, 11) is 1.80. The monoisotopic (exact) mass is 908 g/mol. The summed E-state index contributed by atoms with van der Waals surface area (Å²) >= 11 is 1.40. The normalized spacial score (nSPS) is 14.4. The van der Waals surface area contributed by atoms with Crippen LogP contribution in [0.25, 0.3) is 45.2 Å². The maximum absolute atomic E-state index is 13.6. The molecule has 0 saturated carbocycles. The van der Waals surface area contributed by atoms with Gasteiger partial charge in [-0.1, -0.05) is 12.1 Å². The molecule has 336 valence electrons. The highest BCUT2D eigenvalue weighted by atomic mass is 32.2. The summed E-state index contributed by atoms with van der Waals surface area (Å²) in [4.78, 5) is 34.5. The van der Waals surface area contributed by atoms with Gasteiger partial charge >= 0.3 is 6.01 Å². The maximum Gasteiger partial charge on any atom is 0.322 e. The van der Waals surface area contributed by atoms with Gasteiger partial charge in [-0.2, -0.15) is 4.98 Å². The Morgan fingerprint density at radius 3 is 1.92 bits per heavy atom. The van der Waals surface area contributed by atoms with Crippen LogP contribution < -0.4 is 20.7 Å². The molecule has 0 unspecified atom stereocenters. The van der Waals surface area contributed by atoms with E-state index in [2.05, 4.69) is 50.6 Å². The van der Waals surface area contributed by atoms with Crippen LogP contribution in [-0.4, -0.2) is 86.3 Å². The summed E-state index contributed by atoms with van der Waals surface area (Å²) in [5.74, 6) is -0.331. The molecular formula is C47H46F2N14O2S. The van der Waals surface area contributed by atoms with E-state index in [1.54, 1.807) is 60.5 Å². The average molecular weight is 909 g/mol. The number of imidazole rings is 2. The van der Waals surface area contributed by atoms with Crippen LogP contribution in [-0.2, 0) is 11.8 Å². The Morgan fingerprint density at radius 2 is 1.32 bits per heavy atom. The minimum atomic E-state index is -0.302. The van der Waals surface area contributed by atoms with Gasteiger partial charge in [0.2, 0.25) is 11.1 Å². The number of aromatic nitrogens is 11. The van der Waals surface area contributed by atoms with E-state index in [4.69, 9.17) is 19.7 Å². The van der Waals surface area contributed by atoms with Gasteiger partial charge in [-0.25, -0.2) is 33.4 Å². The van der Waals surface area contributed by atoms with E-state index < -0.39 is 0 Å². The van der Waals surface area contributed by atoms with Crippen LogP contribution in [0.2, 0.25) is 0 Å². The van der Waals surface area contributed by atoms with Crippen molar-refractivity contribution in [1.29, 1.82) is 0 Å². The second-order valence-electron chi connectivity index (χ2n) is 15.7. The van der Waals surface area contributed by atoms with E-state index in [0.717, 1.165) is 90.7 Å². The van der Waals surface area contributed by atoms with Crippen molar-refractivity contribution in [2.45, 2.75) is 54.9 Å². The molecule has 66 heavy (non-hydrogen) atoms. The second kappa shape index (κ2) is 20.3. The minimum Gasteiger partial charge on any atom is -0.422 e. The lowest BCUT2D eigenvalue weighted by Crippen LogP contribution is -2.29. The number of anilines is 1. The Bertz CT molecular complexity index is 2910. The summed E-state index contributed by atoms with van der Waals surface area (Å²) < 4.78 is 39.1. The molecule has 0 spiro atoms. The van der Waals surface area contributed by atoms with Crippen molar-refractivity contribution in [3.05, 3.63) is 128 Å². The minimum absolute atomic E-state index is 0.142. The highest BCUT2D eigenvalue weighted by molar-refractivity contribution is 7.99. The predicted octanol–water partition coefficient (Wildman–Crippen LogP) is 8.17.